The molecule has 1 N–H and O–H groups in total. The van der Waals surface area contributed by atoms with Crippen LogP contribution < -0.4 is 15.0 Å². The van der Waals surface area contributed by atoms with Crippen molar-refractivity contribution in [3.05, 3.63) is 24.0 Å². The molecule has 0 aromatic heterocycles. The molecule has 0 amide bonds. The molecule has 1 atom stereocenters. The van der Waals surface area contributed by atoms with Crippen LogP contribution in [0.5, 0.6) is 5.75 Å². The normalized spacial score (nSPS) is 18.8. The molecular formula is C13H19FN2O. The van der Waals surface area contributed by atoms with Gasteiger partial charge in [-0.2, -0.15) is 0 Å². The number of nitrogens with one attached hydrogen (secondary N) is 1. The molecule has 1 unspecified atom stereocenters. The quantitative estimate of drug-likeness (QED) is 0.812. The molecule has 1 aromatic carbocycles. The van der Waals surface area contributed by atoms with Crippen LogP contribution in [0.4, 0.5) is 10.1 Å². The highest BCUT2D eigenvalue weighted by Gasteiger charge is 2.26. The molecular weight excluding hydrogens is 219 g/mol. The van der Waals surface area contributed by atoms with Crippen LogP contribution in [0.15, 0.2) is 18.2 Å². The Labute approximate surface area is 102 Å². The summed E-state index contributed by atoms with van der Waals surface area (Å²) in [6.07, 6.45) is 2.15. The van der Waals surface area contributed by atoms with Gasteiger partial charge in [-0.1, -0.05) is 6.07 Å². The lowest BCUT2D eigenvalue weighted by Gasteiger charge is -2.36. The van der Waals surface area contributed by atoms with Crippen molar-refractivity contribution < 1.29 is 9.13 Å². The van der Waals surface area contributed by atoms with E-state index >= 15 is 0 Å². The van der Waals surface area contributed by atoms with Gasteiger partial charge in [0.25, 0.3) is 0 Å². The number of ether oxygens (including phenoxy) is 1. The zero-order valence-corrected chi connectivity index (χ0v) is 10.4. The number of para-hydroxylation sites is 1. The molecule has 17 heavy (non-hydrogen) atoms. The van der Waals surface area contributed by atoms with Crippen LogP contribution in [0.1, 0.15) is 12.8 Å². The summed E-state index contributed by atoms with van der Waals surface area (Å²) in [6.45, 7) is 1.56. The Morgan fingerprint density at radius 2 is 2.35 bits per heavy atom. The van der Waals surface area contributed by atoms with Crippen LogP contribution in [-0.4, -0.2) is 33.3 Å². The van der Waals surface area contributed by atoms with Crippen molar-refractivity contribution in [1.29, 1.82) is 0 Å². The standard InChI is InChI=1S/C13H19FN2O/c1-15-8-4-5-10-9-17-13-11(14)6-3-7-12(13)16(10)2/h3,6-7,10,15H,4-5,8-9H2,1-2H3. The first kappa shape index (κ1) is 12.2. The summed E-state index contributed by atoms with van der Waals surface area (Å²) in [6, 6.07) is 5.40. The first-order valence-electron chi connectivity index (χ1n) is 6.02. The second kappa shape index (κ2) is 5.36. The van der Waals surface area contributed by atoms with Crippen molar-refractivity contribution in [3.63, 3.8) is 0 Å². The van der Waals surface area contributed by atoms with Crippen LogP contribution in [0, 0.1) is 5.82 Å². The fraction of sp³-hybridized carbons (Fsp3) is 0.538. The largest absolute Gasteiger partial charge is 0.486 e. The second-order valence-electron chi connectivity index (χ2n) is 4.41. The van der Waals surface area contributed by atoms with Crippen molar-refractivity contribution in [2.24, 2.45) is 0 Å². The first-order chi connectivity index (χ1) is 8.24. The molecule has 0 radical (unpaired) electrons. The summed E-state index contributed by atoms with van der Waals surface area (Å²) in [5, 5.41) is 3.13. The molecule has 1 aliphatic heterocycles. The number of nitrogens with zero attached hydrogens (tertiary/aromatic N) is 1. The summed E-state index contributed by atoms with van der Waals surface area (Å²) in [5.41, 5.74) is 0.853. The summed E-state index contributed by atoms with van der Waals surface area (Å²) in [7, 11) is 3.95. The molecule has 3 nitrogen and oxygen atoms in total. The van der Waals surface area contributed by atoms with Crippen LogP contribution >= 0.6 is 0 Å². The number of anilines is 1. The summed E-state index contributed by atoms with van der Waals surface area (Å²) in [5.74, 6) is 0.114. The third-order valence-electron chi connectivity index (χ3n) is 3.26. The maximum absolute atomic E-state index is 13.5. The van der Waals surface area contributed by atoms with Crippen molar-refractivity contribution in [3.8, 4) is 5.75 Å². The van der Waals surface area contributed by atoms with Gasteiger partial charge in [-0.05, 0) is 38.6 Å². The zero-order valence-electron chi connectivity index (χ0n) is 10.4. The van der Waals surface area contributed by atoms with Gasteiger partial charge in [-0.3, -0.25) is 0 Å². The van der Waals surface area contributed by atoms with E-state index in [1.165, 1.54) is 6.07 Å². The van der Waals surface area contributed by atoms with Crippen LogP contribution in [0.25, 0.3) is 0 Å². The van der Waals surface area contributed by atoms with Gasteiger partial charge in [0.2, 0.25) is 0 Å². The Hall–Kier alpha value is -1.29. The average Bonchev–Trinajstić information content (AvgIpc) is 2.33. The maximum Gasteiger partial charge on any atom is 0.178 e. The van der Waals surface area contributed by atoms with E-state index in [0.717, 1.165) is 25.1 Å². The Morgan fingerprint density at radius 1 is 1.53 bits per heavy atom. The number of rotatable bonds is 4. The van der Waals surface area contributed by atoms with E-state index < -0.39 is 0 Å². The Balaban J connectivity index is 2.08. The molecule has 0 bridgehead atoms. The number of fused-ring (bicyclic) bond motifs is 1. The predicted molar refractivity (Wildman–Crippen MR) is 67.2 cm³/mol. The van der Waals surface area contributed by atoms with Gasteiger partial charge in [0.15, 0.2) is 11.6 Å². The maximum atomic E-state index is 13.5. The van der Waals surface area contributed by atoms with E-state index in [2.05, 4.69) is 10.2 Å². The highest BCUT2D eigenvalue weighted by atomic mass is 19.1. The highest BCUT2D eigenvalue weighted by Crippen LogP contribution is 2.35. The SMILES string of the molecule is CNCCCC1COc2c(F)cccc2N1C. The fourth-order valence-electron chi connectivity index (χ4n) is 2.20. The molecule has 0 saturated heterocycles. The lowest BCUT2D eigenvalue weighted by Crippen LogP contribution is -2.41. The minimum absolute atomic E-state index is 0.275. The van der Waals surface area contributed by atoms with Crippen LogP contribution in [0.3, 0.4) is 0 Å². The van der Waals surface area contributed by atoms with Gasteiger partial charge >= 0.3 is 0 Å². The number of likely N-dealkylation sites (N-methyl/N-ethyl adjacent to an activating group) is 1. The molecule has 94 valence electrons. The molecule has 0 fully saturated rings. The van der Waals surface area contributed by atoms with Gasteiger partial charge in [0.1, 0.15) is 6.61 Å². The number of hydrogen-bond donors (Lipinski definition) is 1. The molecule has 0 aliphatic carbocycles. The van der Waals surface area contributed by atoms with Gasteiger partial charge in [-0.15, -0.1) is 0 Å². The van der Waals surface area contributed by atoms with Crippen LogP contribution in [0.2, 0.25) is 0 Å². The number of hydrogen-bond acceptors (Lipinski definition) is 3. The number of halogens is 1. The predicted octanol–water partition coefficient (Wildman–Crippen LogP) is 2.02. The van der Waals surface area contributed by atoms with E-state index in [4.69, 9.17) is 4.74 Å². The molecule has 0 saturated carbocycles. The smallest absolute Gasteiger partial charge is 0.178 e. The Kier molecular flexibility index (Phi) is 3.84. The fourth-order valence-corrected chi connectivity index (χ4v) is 2.20. The van der Waals surface area contributed by atoms with E-state index in [9.17, 15) is 4.39 Å². The van der Waals surface area contributed by atoms with Gasteiger partial charge in [-0.25, -0.2) is 4.39 Å². The average molecular weight is 238 g/mol. The molecule has 2 rings (SSSR count). The lowest BCUT2D eigenvalue weighted by atomic mass is 10.1. The third kappa shape index (κ3) is 2.52. The van der Waals surface area contributed by atoms with Crippen molar-refractivity contribution in [1.82, 2.24) is 5.32 Å². The molecule has 0 spiro atoms. The van der Waals surface area contributed by atoms with E-state index in [1.54, 1.807) is 6.07 Å². The molecule has 1 aromatic rings. The monoisotopic (exact) mass is 238 g/mol. The number of benzene rings is 1. The first-order valence-corrected chi connectivity index (χ1v) is 6.02. The Bertz CT molecular complexity index is 384. The minimum atomic E-state index is -0.275. The van der Waals surface area contributed by atoms with Gasteiger partial charge in [0, 0.05) is 7.05 Å². The Morgan fingerprint density at radius 3 is 3.12 bits per heavy atom. The second-order valence-corrected chi connectivity index (χ2v) is 4.41. The van der Waals surface area contributed by atoms with E-state index in [1.807, 2.05) is 20.2 Å². The van der Waals surface area contributed by atoms with Gasteiger partial charge in [0.05, 0.1) is 11.7 Å². The third-order valence-corrected chi connectivity index (χ3v) is 3.26. The van der Waals surface area contributed by atoms with Gasteiger partial charge < -0.3 is 15.0 Å². The van der Waals surface area contributed by atoms with Crippen molar-refractivity contribution >= 4 is 5.69 Å². The summed E-state index contributed by atoms with van der Waals surface area (Å²) >= 11 is 0. The lowest BCUT2D eigenvalue weighted by molar-refractivity contribution is 0.246. The van der Waals surface area contributed by atoms with E-state index in [-0.39, 0.29) is 5.82 Å². The summed E-state index contributed by atoms with van der Waals surface area (Å²) < 4.78 is 19.0. The molecule has 1 heterocycles. The minimum Gasteiger partial charge on any atom is -0.486 e. The zero-order chi connectivity index (χ0) is 12.3. The summed E-state index contributed by atoms with van der Waals surface area (Å²) in [4.78, 5) is 2.12. The topological polar surface area (TPSA) is 24.5 Å². The van der Waals surface area contributed by atoms with Crippen molar-refractivity contribution in [2.75, 3.05) is 32.1 Å². The molecule has 4 heteroatoms. The van der Waals surface area contributed by atoms with Crippen molar-refractivity contribution in [2.45, 2.75) is 18.9 Å². The highest BCUT2D eigenvalue weighted by molar-refractivity contribution is 5.60. The molecule has 1 aliphatic rings. The van der Waals surface area contributed by atoms with E-state index in [0.29, 0.717) is 18.4 Å². The van der Waals surface area contributed by atoms with Crippen LogP contribution in [-0.2, 0) is 0 Å².